The van der Waals surface area contributed by atoms with E-state index in [2.05, 4.69) is 64.0 Å². The van der Waals surface area contributed by atoms with Gasteiger partial charge >= 0.3 is 0 Å². The van der Waals surface area contributed by atoms with E-state index in [0.29, 0.717) is 0 Å². The van der Waals surface area contributed by atoms with Crippen molar-refractivity contribution in [1.29, 1.82) is 0 Å². The highest BCUT2D eigenvalue weighted by Gasteiger charge is 2.29. The lowest BCUT2D eigenvalue weighted by Crippen LogP contribution is -1.94. The zero-order valence-electron chi connectivity index (χ0n) is 18.8. The van der Waals surface area contributed by atoms with Crippen LogP contribution in [0.4, 0.5) is 0 Å². The lowest BCUT2D eigenvalue weighted by molar-refractivity contribution is 1.23. The summed E-state index contributed by atoms with van der Waals surface area (Å²) in [6.45, 7) is 0. The van der Waals surface area contributed by atoms with Crippen molar-refractivity contribution >= 4 is 38.5 Å². The van der Waals surface area contributed by atoms with Crippen molar-refractivity contribution in [2.24, 2.45) is 0 Å². The van der Waals surface area contributed by atoms with Crippen LogP contribution in [0.25, 0.3) is 60.7 Å². The van der Waals surface area contributed by atoms with Crippen molar-refractivity contribution in [2.75, 3.05) is 0 Å². The highest BCUT2D eigenvalue weighted by molar-refractivity contribution is 6.14. The van der Waals surface area contributed by atoms with E-state index in [1.807, 2.05) is 30.7 Å². The average Bonchev–Trinajstić information content (AvgIpc) is 3.58. The molecule has 0 radical (unpaired) electrons. The monoisotopic (exact) mass is 446 g/mol. The second-order valence-electron chi connectivity index (χ2n) is 9.71. The molecule has 0 aliphatic heterocycles. The van der Waals surface area contributed by atoms with Crippen molar-refractivity contribution in [3.63, 3.8) is 0 Å². The Morgan fingerprint density at radius 1 is 0.657 bits per heavy atom. The molecule has 0 atom stereocenters. The molecular weight excluding hydrogens is 428 g/mol. The zero-order valence-corrected chi connectivity index (χ0v) is 18.8. The number of benzene rings is 3. The Hall–Kier alpha value is -4.57. The van der Waals surface area contributed by atoms with Gasteiger partial charge in [0.25, 0.3) is 0 Å². The summed E-state index contributed by atoms with van der Waals surface area (Å²) in [6.07, 6.45) is 7.54. The van der Waals surface area contributed by atoms with Gasteiger partial charge in [-0.2, -0.15) is 0 Å². The number of aromatic nitrogens is 4. The SMILES string of the molecule is c1ccc2c(c1)Cc1ccc3c(c1-2)-c1cc2c(cc1C3)c1nc3cnccc3n1c1cccnc21. The fourth-order valence-electron chi connectivity index (χ4n) is 6.47. The molecule has 4 heterocycles. The minimum Gasteiger partial charge on any atom is -0.290 e. The fraction of sp³-hybridized carbons (Fsp3) is 0.0645. The minimum atomic E-state index is 0.906. The number of hydrogen-bond acceptors (Lipinski definition) is 3. The lowest BCUT2D eigenvalue weighted by atomic mass is 9.93. The number of fused-ring (bicyclic) bond motifs is 15. The van der Waals surface area contributed by atoms with E-state index in [1.165, 1.54) is 44.5 Å². The van der Waals surface area contributed by atoms with Gasteiger partial charge in [0.2, 0.25) is 0 Å². The number of pyridine rings is 3. The highest BCUT2D eigenvalue weighted by atomic mass is 15.0. The molecule has 0 unspecified atom stereocenters. The van der Waals surface area contributed by atoms with E-state index in [4.69, 9.17) is 9.97 Å². The van der Waals surface area contributed by atoms with Crippen molar-refractivity contribution in [3.05, 3.63) is 108 Å². The van der Waals surface area contributed by atoms with Crippen LogP contribution >= 0.6 is 0 Å². The van der Waals surface area contributed by atoms with Gasteiger partial charge in [-0.15, -0.1) is 0 Å². The maximum absolute atomic E-state index is 5.03. The Morgan fingerprint density at radius 3 is 2.46 bits per heavy atom. The summed E-state index contributed by atoms with van der Waals surface area (Å²) >= 11 is 0. The van der Waals surface area contributed by atoms with Crippen molar-refractivity contribution in [1.82, 2.24) is 19.4 Å². The Balaban J connectivity index is 1.44. The van der Waals surface area contributed by atoms with Crippen LogP contribution in [0.2, 0.25) is 0 Å². The molecule has 0 spiro atoms. The van der Waals surface area contributed by atoms with Crippen LogP contribution in [0.3, 0.4) is 0 Å². The largest absolute Gasteiger partial charge is 0.290 e. The first-order valence-electron chi connectivity index (χ1n) is 12.0. The van der Waals surface area contributed by atoms with Crippen LogP contribution in [-0.4, -0.2) is 19.4 Å². The third-order valence-corrected chi connectivity index (χ3v) is 7.92. The Labute approximate surface area is 200 Å². The Bertz CT molecular complexity index is 2070. The zero-order chi connectivity index (χ0) is 22.7. The Kier molecular flexibility index (Phi) is 3.11. The van der Waals surface area contributed by atoms with E-state index in [0.717, 1.165) is 51.3 Å². The molecule has 4 heteroatoms. The molecule has 0 bridgehead atoms. The minimum absolute atomic E-state index is 0.906. The first-order valence-corrected chi connectivity index (χ1v) is 12.0. The third-order valence-electron chi connectivity index (χ3n) is 7.92. The summed E-state index contributed by atoms with van der Waals surface area (Å²) in [5, 5.41) is 2.31. The van der Waals surface area contributed by atoms with Crippen LogP contribution in [0, 0.1) is 0 Å². The number of imidazole rings is 1. The summed E-state index contributed by atoms with van der Waals surface area (Å²) in [4.78, 5) is 14.2. The molecular formula is C31H18N4. The van der Waals surface area contributed by atoms with Crippen LogP contribution < -0.4 is 0 Å². The van der Waals surface area contributed by atoms with Crippen LogP contribution in [0.1, 0.15) is 22.3 Å². The van der Waals surface area contributed by atoms with Crippen LogP contribution in [0.15, 0.2) is 85.3 Å². The number of hydrogen-bond donors (Lipinski definition) is 0. The molecule has 4 nitrogen and oxygen atoms in total. The topological polar surface area (TPSA) is 43.1 Å². The van der Waals surface area contributed by atoms with Crippen LogP contribution in [0.5, 0.6) is 0 Å². The van der Waals surface area contributed by atoms with Crippen LogP contribution in [-0.2, 0) is 12.8 Å². The first-order chi connectivity index (χ1) is 17.3. The van der Waals surface area contributed by atoms with Gasteiger partial charge in [0, 0.05) is 23.2 Å². The van der Waals surface area contributed by atoms with E-state index < -0.39 is 0 Å². The van der Waals surface area contributed by atoms with E-state index in [1.54, 1.807) is 0 Å². The van der Waals surface area contributed by atoms with Crippen molar-refractivity contribution in [2.45, 2.75) is 12.8 Å². The Morgan fingerprint density at radius 2 is 1.51 bits per heavy atom. The van der Waals surface area contributed by atoms with Gasteiger partial charge in [-0.1, -0.05) is 36.4 Å². The second kappa shape index (κ2) is 6.10. The van der Waals surface area contributed by atoms with E-state index in [9.17, 15) is 0 Å². The normalized spacial score (nSPS) is 13.5. The summed E-state index contributed by atoms with van der Waals surface area (Å²) in [6, 6.07) is 24.5. The molecule has 35 heavy (non-hydrogen) atoms. The molecule has 0 saturated carbocycles. The van der Waals surface area contributed by atoms with Gasteiger partial charge < -0.3 is 0 Å². The summed E-state index contributed by atoms with van der Waals surface area (Å²) in [7, 11) is 0. The predicted octanol–water partition coefficient (Wildman–Crippen LogP) is 6.73. The van der Waals surface area contributed by atoms with Crippen molar-refractivity contribution < 1.29 is 0 Å². The third kappa shape index (κ3) is 2.15. The van der Waals surface area contributed by atoms with Gasteiger partial charge in [0.05, 0.1) is 22.7 Å². The fourth-order valence-corrected chi connectivity index (χ4v) is 6.47. The van der Waals surface area contributed by atoms with Gasteiger partial charge in [-0.25, -0.2) is 4.98 Å². The highest BCUT2D eigenvalue weighted by Crippen LogP contribution is 2.50. The summed E-state index contributed by atoms with van der Waals surface area (Å²) in [5.41, 5.74) is 16.2. The van der Waals surface area contributed by atoms with Crippen molar-refractivity contribution in [3.8, 4) is 22.3 Å². The lowest BCUT2D eigenvalue weighted by Gasteiger charge is -2.13. The molecule has 9 rings (SSSR count). The molecule has 0 amide bonds. The standard InChI is InChI=1S/C31H18N4/c1-2-5-21-17(4-1)12-18-7-8-19-13-20-14-24-23(15-22(20)29(19)28(18)21)30-27(6-3-10-33-30)35-26-9-11-32-16-25(26)34-31(24)35/h1-11,14-16H,12-13H2. The second-order valence-corrected chi connectivity index (χ2v) is 9.71. The first kappa shape index (κ1) is 17.8. The molecule has 2 aliphatic carbocycles. The molecule has 4 aromatic heterocycles. The predicted molar refractivity (Wildman–Crippen MR) is 140 cm³/mol. The number of nitrogens with zero attached hydrogens (tertiary/aromatic N) is 4. The molecule has 162 valence electrons. The molecule has 0 N–H and O–H groups in total. The van der Waals surface area contributed by atoms with Gasteiger partial charge in [0.15, 0.2) is 0 Å². The summed E-state index contributed by atoms with van der Waals surface area (Å²) in [5.74, 6) is 0. The molecule has 7 aromatic rings. The molecule has 0 fully saturated rings. The number of rotatable bonds is 0. The average molecular weight is 447 g/mol. The smallest absolute Gasteiger partial charge is 0.146 e. The van der Waals surface area contributed by atoms with Gasteiger partial charge in [-0.3, -0.25) is 14.4 Å². The molecule has 0 saturated heterocycles. The van der Waals surface area contributed by atoms with E-state index in [-0.39, 0.29) is 0 Å². The van der Waals surface area contributed by atoms with Gasteiger partial charge in [-0.05, 0) is 87.7 Å². The molecule has 3 aromatic carbocycles. The maximum Gasteiger partial charge on any atom is 0.146 e. The summed E-state index contributed by atoms with van der Waals surface area (Å²) < 4.78 is 2.24. The van der Waals surface area contributed by atoms with Gasteiger partial charge in [0.1, 0.15) is 11.2 Å². The maximum atomic E-state index is 5.03. The van der Waals surface area contributed by atoms with E-state index >= 15 is 0 Å². The molecule has 2 aliphatic rings. The quantitative estimate of drug-likeness (QED) is 0.243.